The van der Waals surface area contributed by atoms with Crippen LogP contribution in [-0.2, 0) is 16.1 Å². The van der Waals surface area contributed by atoms with E-state index in [1.54, 1.807) is 5.51 Å². The molecular formula is C12H14N4O4S. The van der Waals surface area contributed by atoms with E-state index < -0.39 is 11.6 Å². The number of likely N-dealkylation sites (tertiary alicyclic amines) is 1. The molecule has 112 valence electrons. The van der Waals surface area contributed by atoms with Crippen molar-refractivity contribution in [1.82, 2.24) is 19.5 Å². The van der Waals surface area contributed by atoms with Crippen LogP contribution in [0.4, 0.5) is 0 Å². The van der Waals surface area contributed by atoms with Gasteiger partial charge in [-0.15, -0.1) is 0 Å². The molecule has 1 aliphatic heterocycles. The van der Waals surface area contributed by atoms with Crippen molar-refractivity contribution < 1.29 is 14.6 Å². The van der Waals surface area contributed by atoms with Crippen molar-refractivity contribution in [2.45, 2.75) is 19.1 Å². The van der Waals surface area contributed by atoms with Gasteiger partial charge in [-0.1, -0.05) is 11.3 Å². The van der Waals surface area contributed by atoms with Gasteiger partial charge in [-0.25, -0.2) is 9.78 Å². The van der Waals surface area contributed by atoms with E-state index in [4.69, 9.17) is 9.84 Å². The third-order valence-electron chi connectivity index (χ3n) is 3.29. The summed E-state index contributed by atoms with van der Waals surface area (Å²) in [7, 11) is 0. The van der Waals surface area contributed by atoms with Crippen molar-refractivity contribution >= 4 is 22.3 Å². The van der Waals surface area contributed by atoms with E-state index in [9.17, 15) is 9.59 Å². The Hall–Kier alpha value is -1.84. The van der Waals surface area contributed by atoms with E-state index in [1.165, 1.54) is 21.9 Å². The molecule has 21 heavy (non-hydrogen) atoms. The van der Waals surface area contributed by atoms with Gasteiger partial charge < -0.3 is 9.84 Å². The molecule has 0 spiro atoms. The summed E-state index contributed by atoms with van der Waals surface area (Å²) in [5.74, 6) is -0.972. The van der Waals surface area contributed by atoms with E-state index in [2.05, 4.69) is 15.0 Å². The smallest absolute Gasteiger partial charge is 0.329 e. The maximum Gasteiger partial charge on any atom is 0.329 e. The molecule has 0 bridgehead atoms. The molecule has 2 aromatic rings. The highest BCUT2D eigenvalue weighted by atomic mass is 32.1. The SMILES string of the molecule is CC1(OCC(=O)O)CN(Cc2cc(=O)n3ncsc3n2)C1. The number of hydrogen-bond acceptors (Lipinski definition) is 7. The molecule has 0 aliphatic carbocycles. The van der Waals surface area contributed by atoms with Gasteiger partial charge in [0.25, 0.3) is 5.56 Å². The zero-order valence-electron chi connectivity index (χ0n) is 11.4. The summed E-state index contributed by atoms with van der Waals surface area (Å²) in [4.78, 5) is 29.3. The molecule has 1 aliphatic rings. The van der Waals surface area contributed by atoms with Crippen molar-refractivity contribution in [3.8, 4) is 0 Å². The number of aromatic nitrogens is 3. The van der Waals surface area contributed by atoms with Crippen LogP contribution in [0.25, 0.3) is 4.96 Å². The van der Waals surface area contributed by atoms with Crippen LogP contribution in [-0.4, -0.2) is 55.9 Å². The van der Waals surface area contributed by atoms with Crippen LogP contribution in [0, 0.1) is 0 Å². The Morgan fingerprint density at radius 1 is 1.57 bits per heavy atom. The minimum atomic E-state index is -0.972. The maximum absolute atomic E-state index is 11.8. The summed E-state index contributed by atoms with van der Waals surface area (Å²) >= 11 is 1.31. The first-order valence-corrected chi connectivity index (χ1v) is 7.24. The van der Waals surface area contributed by atoms with Crippen LogP contribution >= 0.6 is 11.3 Å². The van der Waals surface area contributed by atoms with Gasteiger partial charge in [-0.3, -0.25) is 9.69 Å². The van der Waals surface area contributed by atoms with E-state index >= 15 is 0 Å². The normalized spacial score (nSPS) is 17.8. The van der Waals surface area contributed by atoms with Crippen molar-refractivity contribution in [2.24, 2.45) is 0 Å². The van der Waals surface area contributed by atoms with Crippen molar-refractivity contribution in [2.75, 3.05) is 19.7 Å². The number of nitrogens with zero attached hydrogens (tertiary/aromatic N) is 4. The topological polar surface area (TPSA) is 97.0 Å². The second-order valence-electron chi connectivity index (χ2n) is 5.30. The molecular weight excluding hydrogens is 296 g/mol. The lowest BCUT2D eigenvalue weighted by Gasteiger charge is -2.47. The zero-order chi connectivity index (χ0) is 15.0. The first-order valence-electron chi connectivity index (χ1n) is 6.36. The summed E-state index contributed by atoms with van der Waals surface area (Å²) in [6.07, 6.45) is 0. The Labute approximate surface area is 123 Å². The Bertz CT molecular complexity index is 734. The number of ether oxygens (including phenoxy) is 1. The second-order valence-corrected chi connectivity index (χ2v) is 6.11. The number of carboxylic acid groups (broad SMARTS) is 1. The lowest BCUT2D eigenvalue weighted by Crippen LogP contribution is -2.61. The van der Waals surface area contributed by atoms with E-state index in [1.807, 2.05) is 6.92 Å². The van der Waals surface area contributed by atoms with Gasteiger partial charge >= 0.3 is 5.97 Å². The van der Waals surface area contributed by atoms with Crippen molar-refractivity contribution in [3.05, 3.63) is 27.6 Å². The summed E-state index contributed by atoms with van der Waals surface area (Å²) in [5, 5.41) is 12.5. The number of hydrogen-bond donors (Lipinski definition) is 1. The minimum absolute atomic E-state index is 0.193. The fraction of sp³-hybridized carbons (Fsp3) is 0.500. The molecule has 0 amide bonds. The fourth-order valence-corrected chi connectivity index (χ4v) is 3.09. The number of fused-ring (bicyclic) bond motifs is 1. The van der Waals surface area contributed by atoms with E-state index in [0.717, 1.165) is 0 Å². The number of carboxylic acids is 1. The molecule has 3 heterocycles. The van der Waals surface area contributed by atoms with Crippen LogP contribution < -0.4 is 5.56 Å². The lowest BCUT2D eigenvalue weighted by atomic mass is 9.96. The summed E-state index contributed by atoms with van der Waals surface area (Å²) in [6.45, 7) is 3.35. The van der Waals surface area contributed by atoms with Crippen LogP contribution in [0.15, 0.2) is 16.4 Å². The molecule has 8 nitrogen and oxygen atoms in total. The molecule has 0 radical (unpaired) electrons. The fourth-order valence-electron chi connectivity index (χ4n) is 2.45. The summed E-state index contributed by atoms with van der Waals surface area (Å²) in [5.41, 5.74) is 1.63. The van der Waals surface area contributed by atoms with Crippen LogP contribution in [0.1, 0.15) is 12.6 Å². The third kappa shape index (κ3) is 2.94. The van der Waals surface area contributed by atoms with Gasteiger partial charge in [0.05, 0.1) is 11.3 Å². The predicted octanol–water partition coefficient (Wildman–Crippen LogP) is -0.174. The van der Waals surface area contributed by atoms with E-state index in [-0.39, 0.29) is 12.2 Å². The Kier molecular flexibility index (Phi) is 3.47. The highest BCUT2D eigenvalue weighted by Gasteiger charge is 2.40. The van der Waals surface area contributed by atoms with Gasteiger partial charge in [-0.05, 0) is 6.92 Å². The molecule has 0 unspecified atom stereocenters. The Balaban J connectivity index is 1.63. The summed E-state index contributed by atoms with van der Waals surface area (Å²) in [6, 6.07) is 1.47. The molecule has 1 fully saturated rings. The van der Waals surface area contributed by atoms with Crippen LogP contribution in [0.2, 0.25) is 0 Å². The molecule has 0 aromatic carbocycles. The number of rotatable bonds is 5. The molecule has 0 atom stereocenters. The van der Waals surface area contributed by atoms with Gasteiger partial charge in [0, 0.05) is 25.7 Å². The first kappa shape index (κ1) is 14.1. The average Bonchev–Trinajstić information content (AvgIpc) is 2.83. The lowest BCUT2D eigenvalue weighted by molar-refractivity contribution is -0.165. The highest BCUT2D eigenvalue weighted by molar-refractivity contribution is 7.14. The standard InChI is InChI=1S/C12H14N4O4S/c1-12(20-4-10(18)19)5-15(6-12)3-8-2-9(17)16-11(14-8)21-7-13-16/h2,7H,3-6H2,1H3,(H,18,19). The Morgan fingerprint density at radius 3 is 3.05 bits per heavy atom. The molecule has 1 N–H and O–H groups in total. The quantitative estimate of drug-likeness (QED) is 0.818. The molecule has 9 heteroatoms. The summed E-state index contributed by atoms with van der Waals surface area (Å²) < 4.78 is 6.61. The third-order valence-corrected chi connectivity index (χ3v) is 3.96. The molecule has 0 saturated carbocycles. The largest absolute Gasteiger partial charge is 0.480 e. The monoisotopic (exact) mass is 310 g/mol. The molecule has 2 aromatic heterocycles. The highest BCUT2D eigenvalue weighted by Crippen LogP contribution is 2.25. The van der Waals surface area contributed by atoms with Crippen molar-refractivity contribution in [1.29, 1.82) is 0 Å². The molecule has 1 saturated heterocycles. The molecule has 3 rings (SSSR count). The van der Waals surface area contributed by atoms with Gasteiger partial charge in [0.15, 0.2) is 0 Å². The first-order chi connectivity index (χ1) is 9.95. The second kappa shape index (κ2) is 5.17. The van der Waals surface area contributed by atoms with Crippen molar-refractivity contribution in [3.63, 3.8) is 0 Å². The van der Waals surface area contributed by atoms with E-state index in [0.29, 0.717) is 30.3 Å². The van der Waals surface area contributed by atoms with Gasteiger partial charge in [0.2, 0.25) is 4.96 Å². The number of aliphatic carboxylic acids is 1. The van der Waals surface area contributed by atoms with Gasteiger partial charge in [0.1, 0.15) is 12.1 Å². The predicted molar refractivity (Wildman–Crippen MR) is 74.4 cm³/mol. The zero-order valence-corrected chi connectivity index (χ0v) is 12.2. The van der Waals surface area contributed by atoms with Crippen LogP contribution in [0.5, 0.6) is 0 Å². The van der Waals surface area contributed by atoms with Crippen LogP contribution in [0.3, 0.4) is 0 Å². The average molecular weight is 310 g/mol. The minimum Gasteiger partial charge on any atom is -0.480 e. The Morgan fingerprint density at radius 2 is 2.33 bits per heavy atom. The van der Waals surface area contributed by atoms with Gasteiger partial charge in [-0.2, -0.15) is 9.61 Å². The number of carbonyl (C=O) groups is 1. The maximum atomic E-state index is 11.8.